The molecule has 6 heteroatoms. The molecular weight excluding hydrogens is 398 g/mol. The SMILES string of the molecule is CC[C@H](NC(=O)COC(=O)c1cc2c(s1)-c1ccccc1OC2)c1ccc(C)cc1. The summed E-state index contributed by atoms with van der Waals surface area (Å²) < 4.78 is 11.0. The van der Waals surface area contributed by atoms with E-state index in [0.717, 1.165) is 33.7 Å². The highest BCUT2D eigenvalue weighted by Crippen LogP contribution is 2.42. The Labute approximate surface area is 179 Å². The Morgan fingerprint density at radius 3 is 2.70 bits per heavy atom. The molecule has 1 atom stereocenters. The molecule has 0 bridgehead atoms. The van der Waals surface area contributed by atoms with E-state index in [-0.39, 0.29) is 18.6 Å². The number of amides is 1. The van der Waals surface area contributed by atoms with Crippen LogP contribution in [0.1, 0.15) is 45.7 Å². The van der Waals surface area contributed by atoms with E-state index in [4.69, 9.17) is 9.47 Å². The topological polar surface area (TPSA) is 64.6 Å². The Hall–Kier alpha value is -3.12. The quantitative estimate of drug-likeness (QED) is 0.567. The van der Waals surface area contributed by atoms with Gasteiger partial charge >= 0.3 is 5.97 Å². The summed E-state index contributed by atoms with van der Waals surface area (Å²) in [4.78, 5) is 26.3. The van der Waals surface area contributed by atoms with Crippen LogP contribution in [0.25, 0.3) is 10.4 Å². The van der Waals surface area contributed by atoms with E-state index in [1.54, 1.807) is 6.07 Å². The number of aryl methyl sites for hydroxylation is 1. The first-order valence-electron chi connectivity index (χ1n) is 9.93. The molecule has 0 fully saturated rings. The third-order valence-corrected chi connectivity index (χ3v) is 6.27. The normalized spacial score (nSPS) is 12.9. The number of benzene rings is 2. The molecule has 0 unspecified atom stereocenters. The highest BCUT2D eigenvalue weighted by Gasteiger charge is 2.23. The van der Waals surface area contributed by atoms with E-state index >= 15 is 0 Å². The van der Waals surface area contributed by atoms with Gasteiger partial charge in [0.05, 0.1) is 6.04 Å². The van der Waals surface area contributed by atoms with Crippen LogP contribution in [0.15, 0.2) is 54.6 Å². The summed E-state index contributed by atoms with van der Waals surface area (Å²) in [6.07, 6.45) is 0.750. The number of para-hydroxylation sites is 1. The number of carbonyl (C=O) groups is 2. The van der Waals surface area contributed by atoms with Crippen molar-refractivity contribution < 1.29 is 19.1 Å². The lowest BCUT2D eigenvalue weighted by atomic mass is 10.0. The fourth-order valence-corrected chi connectivity index (χ4v) is 4.55. The molecule has 30 heavy (non-hydrogen) atoms. The molecule has 2 heterocycles. The van der Waals surface area contributed by atoms with Crippen LogP contribution < -0.4 is 10.1 Å². The van der Waals surface area contributed by atoms with Gasteiger partial charge in [-0.25, -0.2) is 4.79 Å². The zero-order chi connectivity index (χ0) is 21.1. The van der Waals surface area contributed by atoms with Crippen molar-refractivity contribution in [3.63, 3.8) is 0 Å². The number of nitrogens with one attached hydrogen (secondary N) is 1. The molecule has 4 rings (SSSR count). The minimum absolute atomic E-state index is 0.112. The maximum atomic E-state index is 12.5. The van der Waals surface area contributed by atoms with Crippen molar-refractivity contribution in [2.24, 2.45) is 0 Å². The highest BCUT2D eigenvalue weighted by molar-refractivity contribution is 7.17. The molecule has 5 nitrogen and oxygen atoms in total. The maximum Gasteiger partial charge on any atom is 0.348 e. The fraction of sp³-hybridized carbons (Fsp3) is 0.250. The van der Waals surface area contributed by atoms with Crippen molar-refractivity contribution in [1.29, 1.82) is 0 Å². The molecule has 0 spiro atoms. The lowest BCUT2D eigenvalue weighted by Crippen LogP contribution is -2.32. The summed E-state index contributed by atoms with van der Waals surface area (Å²) in [5.41, 5.74) is 4.14. The molecule has 1 aliphatic heterocycles. The molecule has 1 aliphatic rings. The van der Waals surface area contributed by atoms with Gasteiger partial charge < -0.3 is 14.8 Å². The maximum absolute atomic E-state index is 12.5. The van der Waals surface area contributed by atoms with Gasteiger partial charge in [-0.05, 0) is 37.1 Å². The van der Waals surface area contributed by atoms with Crippen LogP contribution in [-0.4, -0.2) is 18.5 Å². The summed E-state index contributed by atoms with van der Waals surface area (Å²) in [7, 11) is 0. The Bertz CT molecular complexity index is 1070. The van der Waals surface area contributed by atoms with Crippen molar-refractivity contribution in [2.45, 2.75) is 32.9 Å². The second kappa shape index (κ2) is 8.71. The molecule has 0 saturated carbocycles. The van der Waals surface area contributed by atoms with Crippen molar-refractivity contribution >= 4 is 23.2 Å². The molecule has 154 valence electrons. The number of fused-ring (bicyclic) bond motifs is 3. The van der Waals surface area contributed by atoms with Crippen LogP contribution in [-0.2, 0) is 16.1 Å². The number of carbonyl (C=O) groups excluding carboxylic acids is 2. The average molecular weight is 422 g/mol. The van der Waals surface area contributed by atoms with Gasteiger partial charge in [-0.3, -0.25) is 4.79 Å². The van der Waals surface area contributed by atoms with E-state index < -0.39 is 5.97 Å². The van der Waals surface area contributed by atoms with E-state index in [2.05, 4.69) is 5.32 Å². The number of thiophene rings is 1. The molecule has 1 amide bonds. The first-order chi connectivity index (χ1) is 14.5. The molecule has 0 aliphatic carbocycles. The van der Waals surface area contributed by atoms with Crippen LogP contribution >= 0.6 is 11.3 Å². The number of hydrogen-bond acceptors (Lipinski definition) is 5. The van der Waals surface area contributed by atoms with E-state index in [0.29, 0.717) is 11.5 Å². The monoisotopic (exact) mass is 421 g/mol. The summed E-state index contributed by atoms with van der Waals surface area (Å²) >= 11 is 1.37. The Morgan fingerprint density at radius 2 is 1.93 bits per heavy atom. The average Bonchev–Trinajstić information content (AvgIpc) is 3.21. The van der Waals surface area contributed by atoms with Gasteiger partial charge in [0.15, 0.2) is 6.61 Å². The lowest BCUT2D eigenvalue weighted by Gasteiger charge is -2.17. The molecule has 1 N–H and O–H groups in total. The van der Waals surface area contributed by atoms with E-state index in [1.807, 2.05) is 62.4 Å². The van der Waals surface area contributed by atoms with Gasteiger partial charge in [-0.1, -0.05) is 48.9 Å². The number of ether oxygens (including phenoxy) is 2. The molecular formula is C24H23NO4S. The molecule has 3 aromatic rings. The van der Waals surface area contributed by atoms with Crippen molar-refractivity contribution in [3.05, 3.63) is 76.2 Å². The Kier molecular flexibility index (Phi) is 5.86. The molecule has 1 aromatic heterocycles. The number of rotatable bonds is 6. The van der Waals surface area contributed by atoms with Crippen LogP contribution in [0.5, 0.6) is 5.75 Å². The first-order valence-corrected chi connectivity index (χ1v) is 10.7. The predicted molar refractivity (Wildman–Crippen MR) is 117 cm³/mol. The van der Waals surface area contributed by atoms with Gasteiger partial charge in [-0.2, -0.15) is 0 Å². The smallest absolute Gasteiger partial charge is 0.348 e. The van der Waals surface area contributed by atoms with Gasteiger partial charge in [-0.15, -0.1) is 11.3 Å². The van der Waals surface area contributed by atoms with Gasteiger partial charge in [0, 0.05) is 16.0 Å². The van der Waals surface area contributed by atoms with Crippen LogP contribution in [0.4, 0.5) is 0 Å². The largest absolute Gasteiger partial charge is 0.488 e. The number of esters is 1. The third kappa shape index (κ3) is 4.24. The lowest BCUT2D eigenvalue weighted by molar-refractivity contribution is -0.125. The zero-order valence-electron chi connectivity index (χ0n) is 16.9. The Balaban J connectivity index is 1.38. The number of hydrogen-bond donors (Lipinski definition) is 1. The molecule has 2 aromatic carbocycles. The van der Waals surface area contributed by atoms with Crippen LogP contribution in [0.3, 0.4) is 0 Å². The fourth-order valence-electron chi connectivity index (χ4n) is 3.46. The summed E-state index contributed by atoms with van der Waals surface area (Å²) in [5.74, 6) is 0.00375. The standard InChI is InChI=1S/C24H23NO4S/c1-3-19(16-10-8-15(2)9-11-16)25-22(26)14-29-24(27)21-12-17-13-28-20-7-5-4-6-18(20)23(17)30-21/h4-12,19H,3,13-14H2,1-2H3,(H,25,26)/t19-/m0/s1. The second-order valence-electron chi connectivity index (χ2n) is 7.27. The predicted octanol–water partition coefficient (Wildman–Crippen LogP) is 5.04. The molecule has 0 radical (unpaired) electrons. The van der Waals surface area contributed by atoms with Crippen molar-refractivity contribution in [2.75, 3.05) is 6.61 Å². The van der Waals surface area contributed by atoms with Crippen LogP contribution in [0.2, 0.25) is 0 Å². The van der Waals surface area contributed by atoms with Gasteiger partial charge in [0.1, 0.15) is 17.2 Å². The molecule has 0 saturated heterocycles. The Morgan fingerprint density at radius 1 is 1.17 bits per heavy atom. The second-order valence-corrected chi connectivity index (χ2v) is 8.32. The van der Waals surface area contributed by atoms with Crippen molar-refractivity contribution in [3.8, 4) is 16.2 Å². The van der Waals surface area contributed by atoms with E-state index in [1.165, 1.54) is 16.9 Å². The van der Waals surface area contributed by atoms with Crippen LogP contribution in [0, 0.1) is 6.92 Å². The summed E-state index contributed by atoms with van der Waals surface area (Å²) in [6.45, 7) is 4.14. The van der Waals surface area contributed by atoms with Gasteiger partial charge in [0.2, 0.25) is 0 Å². The minimum atomic E-state index is -0.495. The minimum Gasteiger partial charge on any atom is -0.488 e. The van der Waals surface area contributed by atoms with Crippen molar-refractivity contribution in [1.82, 2.24) is 5.32 Å². The summed E-state index contributed by atoms with van der Waals surface area (Å²) in [5, 5.41) is 2.94. The first kappa shape index (κ1) is 20.2. The zero-order valence-corrected chi connectivity index (χ0v) is 17.8. The summed E-state index contributed by atoms with van der Waals surface area (Å²) in [6, 6.07) is 17.5. The van der Waals surface area contributed by atoms with Gasteiger partial charge in [0.25, 0.3) is 5.91 Å². The van der Waals surface area contributed by atoms with E-state index in [9.17, 15) is 9.59 Å². The third-order valence-electron chi connectivity index (χ3n) is 5.08. The highest BCUT2D eigenvalue weighted by atomic mass is 32.1.